The largest absolute Gasteiger partial charge is 0.507 e. The predicted octanol–water partition coefficient (Wildman–Crippen LogP) is 3.34. The summed E-state index contributed by atoms with van der Waals surface area (Å²) < 4.78 is 6.38. The van der Waals surface area contributed by atoms with Crippen molar-refractivity contribution < 1.29 is 9.84 Å². The number of halogens is 1. The molecule has 74 valence electrons. The Hall–Kier alpha value is -0.960. The summed E-state index contributed by atoms with van der Waals surface area (Å²) in [5.41, 5.74) is 0.633. The van der Waals surface area contributed by atoms with Gasteiger partial charge in [-0.2, -0.15) is 0 Å². The normalized spacial score (nSPS) is 17.4. The average Bonchev–Trinajstić information content (AvgIpc) is 2.07. The molecular weight excluding hydrogens is 244 g/mol. The van der Waals surface area contributed by atoms with Crippen LogP contribution >= 0.6 is 15.9 Å². The van der Waals surface area contributed by atoms with Crippen LogP contribution in [0.15, 0.2) is 22.7 Å². The van der Waals surface area contributed by atoms with Gasteiger partial charge in [-0.15, -0.1) is 0 Å². The molecule has 0 aromatic heterocycles. The van der Waals surface area contributed by atoms with Crippen LogP contribution in [0.25, 0.3) is 6.08 Å². The molecule has 0 atom stereocenters. The van der Waals surface area contributed by atoms with Gasteiger partial charge in [-0.1, -0.05) is 6.08 Å². The second kappa shape index (κ2) is 3.02. The van der Waals surface area contributed by atoms with E-state index in [9.17, 15) is 5.11 Å². The van der Waals surface area contributed by atoms with E-state index in [1.165, 1.54) is 0 Å². The minimum Gasteiger partial charge on any atom is -0.507 e. The Morgan fingerprint density at radius 1 is 1.36 bits per heavy atom. The van der Waals surface area contributed by atoms with Gasteiger partial charge in [0.05, 0.1) is 4.47 Å². The van der Waals surface area contributed by atoms with Gasteiger partial charge in [0.2, 0.25) is 0 Å². The number of phenolic OH excluding ortho intramolecular Hbond substituents is 1. The quantitative estimate of drug-likeness (QED) is 0.770. The van der Waals surface area contributed by atoms with Crippen LogP contribution in [-0.2, 0) is 0 Å². The molecule has 0 saturated carbocycles. The van der Waals surface area contributed by atoms with Crippen molar-refractivity contribution in [3.05, 3.63) is 28.2 Å². The van der Waals surface area contributed by atoms with E-state index in [1.54, 1.807) is 12.1 Å². The lowest BCUT2D eigenvalue weighted by molar-refractivity contribution is 0.158. The monoisotopic (exact) mass is 254 g/mol. The Kier molecular flexibility index (Phi) is 2.07. The number of ether oxygens (including phenoxy) is 1. The first-order chi connectivity index (χ1) is 6.48. The van der Waals surface area contributed by atoms with Gasteiger partial charge >= 0.3 is 0 Å². The van der Waals surface area contributed by atoms with Crippen molar-refractivity contribution in [3.8, 4) is 11.5 Å². The summed E-state index contributed by atoms with van der Waals surface area (Å²) in [7, 11) is 0. The summed E-state index contributed by atoms with van der Waals surface area (Å²) in [6, 6.07) is 3.47. The van der Waals surface area contributed by atoms with E-state index in [0.29, 0.717) is 4.47 Å². The molecule has 0 bridgehead atoms. The lowest BCUT2D eigenvalue weighted by Gasteiger charge is -2.28. The second-order valence-corrected chi connectivity index (χ2v) is 4.73. The molecule has 1 heterocycles. The summed E-state index contributed by atoms with van der Waals surface area (Å²) >= 11 is 3.26. The Morgan fingerprint density at radius 3 is 2.79 bits per heavy atom. The first kappa shape index (κ1) is 9.59. The maximum atomic E-state index is 9.47. The van der Waals surface area contributed by atoms with Crippen molar-refractivity contribution in [2.75, 3.05) is 0 Å². The highest BCUT2D eigenvalue weighted by Crippen LogP contribution is 2.37. The molecule has 1 aliphatic heterocycles. The molecule has 0 unspecified atom stereocenters. The second-order valence-electron chi connectivity index (χ2n) is 3.88. The number of hydrogen-bond acceptors (Lipinski definition) is 2. The third kappa shape index (κ3) is 1.64. The zero-order chi connectivity index (χ0) is 10.3. The zero-order valence-electron chi connectivity index (χ0n) is 8.04. The molecular formula is C11H11BrO2. The number of rotatable bonds is 0. The Morgan fingerprint density at radius 2 is 2.07 bits per heavy atom. The minimum atomic E-state index is -0.274. The summed E-state index contributed by atoms with van der Waals surface area (Å²) in [5.74, 6) is 1.03. The summed E-state index contributed by atoms with van der Waals surface area (Å²) in [4.78, 5) is 0. The van der Waals surface area contributed by atoms with Crippen molar-refractivity contribution in [3.63, 3.8) is 0 Å². The highest BCUT2D eigenvalue weighted by molar-refractivity contribution is 9.10. The molecule has 0 aliphatic carbocycles. The van der Waals surface area contributed by atoms with Gasteiger partial charge in [0.1, 0.15) is 17.1 Å². The molecule has 2 rings (SSSR count). The lowest BCUT2D eigenvalue weighted by atomic mass is 10.0. The van der Waals surface area contributed by atoms with Crippen LogP contribution in [-0.4, -0.2) is 10.7 Å². The molecule has 3 heteroatoms. The zero-order valence-corrected chi connectivity index (χ0v) is 9.63. The van der Waals surface area contributed by atoms with E-state index >= 15 is 0 Å². The van der Waals surface area contributed by atoms with Crippen molar-refractivity contribution in [1.29, 1.82) is 0 Å². The van der Waals surface area contributed by atoms with Crippen molar-refractivity contribution in [1.82, 2.24) is 0 Å². The lowest BCUT2D eigenvalue weighted by Crippen LogP contribution is -2.27. The van der Waals surface area contributed by atoms with Gasteiger partial charge in [-0.25, -0.2) is 0 Å². The highest BCUT2D eigenvalue weighted by atomic mass is 79.9. The third-order valence-corrected chi connectivity index (χ3v) is 2.75. The van der Waals surface area contributed by atoms with Gasteiger partial charge in [0, 0.05) is 5.56 Å². The van der Waals surface area contributed by atoms with Crippen molar-refractivity contribution >= 4 is 22.0 Å². The number of phenols is 1. The van der Waals surface area contributed by atoms with Gasteiger partial charge in [-0.3, -0.25) is 0 Å². The number of fused-ring (bicyclic) bond motifs is 1. The van der Waals surface area contributed by atoms with Gasteiger partial charge in [0.25, 0.3) is 0 Å². The predicted molar refractivity (Wildman–Crippen MR) is 59.5 cm³/mol. The van der Waals surface area contributed by atoms with Crippen LogP contribution in [0, 0.1) is 0 Å². The van der Waals surface area contributed by atoms with Gasteiger partial charge in [-0.05, 0) is 48.0 Å². The number of aromatic hydroxyl groups is 1. The third-order valence-electron chi connectivity index (χ3n) is 2.12. The fraction of sp³-hybridized carbons (Fsp3) is 0.273. The molecule has 0 spiro atoms. The molecule has 0 amide bonds. The van der Waals surface area contributed by atoms with E-state index < -0.39 is 0 Å². The maximum absolute atomic E-state index is 9.47. The van der Waals surface area contributed by atoms with Gasteiger partial charge < -0.3 is 9.84 Å². The molecule has 1 aliphatic rings. The fourth-order valence-electron chi connectivity index (χ4n) is 1.39. The van der Waals surface area contributed by atoms with E-state index in [4.69, 9.17) is 4.74 Å². The van der Waals surface area contributed by atoms with Crippen LogP contribution in [0.4, 0.5) is 0 Å². The summed E-state index contributed by atoms with van der Waals surface area (Å²) in [6.07, 6.45) is 3.94. The fourth-order valence-corrected chi connectivity index (χ4v) is 1.71. The van der Waals surface area contributed by atoms with E-state index in [-0.39, 0.29) is 11.4 Å². The molecule has 2 nitrogen and oxygen atoms in total. The van der Waals surface area contributed by atoms with E-state index in [0.717, 1.165) is 11.3 Å². The first-order valence-electron chi connectivity index (χ1n) is 4.39. The summed E-state index contributed by atoms with van der Waals surface area (Å²) in [6.45, 7) is 3.99. The van der Waals surface area contributed by atoms with Crippen LogP contribution in [0.3, 0.4) is 0 Å². The van der Waals surface area contributed by atoms with Crippen LogP contribution in [0.5, 0.6) is 11.5 Å². The highest BCUT2D eigenvalue weighted by Gasteiger charge is 2.22. The standard InChI is InChI=1S/C11H11BrO2/c1-11(2)4-3-7-5-9(13)8(12)6-10(7)14-11/h3-6,13H,1-2H3. The number of benzene rings is 1. The van der Waals surface area contributed by atoms with Crippen molar-refractivity contribution in [2.24, 2.45) is 0 Å². The first-order valence-corrected chi connectivity index (χ1v) is 5.18. The summed E-state index contributed by atoms with van der Waals surface area (Å²) in [5, 5.41) is 9.47. The SMILES string of the molecule is CC1(C)C=Cc2cc(O)c(Br)cc2O1. The van der Waals surface area contributed by atoms with Gasteiger partial charge in [0.15, 0.2) is 0 Å². The van der Waals surface area contributed by atoms with E-state index in [1.807, 2.05) is 26.0 Å². The average molecular weight is 255 g/mol. The van der Waals surface area contributed by atoms with Crippen LogP contribution < -0.4 is 4.74 Å². The van der Waals surface area contributed by atoms with E-state index in [2.05, 4.69) is 15.9 Å². The van der Waals surface area contributed by atoms with Crippen LogP contribution in [0.1, 0.15) is 19.4 Å². The molecule has 0 saturated heterocycles. The molecule has 1 N–H and O–H groups in total. The van der Waals surface area contributed by atoms with Crippen LogP contribution in [0.2, 0.25) is 0 Å². The number of hydrogen-bond donors (Lipinski definition) is 1. The smallest absolute Gasteiger partial charge is 0.130 e. The molecule has 0 radical (unpaired) electrons. The Balaban J connectivity index is 2.52. The topological polar surface area (TPSA) is 29.5 Å². The Labute approximate surface area is 91.3 Å². The van der Waals surface area contributed by atoms with Crippen molar-refractivity contribution in [2.45, 2.75) is 19.4 Å². The maximum Gasteiger partial charge on any atom is 0.130 e. The molecule has 14 heavy (non-hydrogen) atoms. The molecule has 0 fully saturated rings. The minimum absolute atomic E-state index is 0.233. The molecule has 1 aromatic rings. The molecule has 1 aromatic carbocycles. The Bertz CT molecular complexity index is 408.